The van der Waals surface area contributed by atoms with Crippen LogP contribution in [0.5, 0.6) is 11.5 Å². The van der Waals surface area contributed by atoms with Crippen LogP contribution in [0.25, 0.3) is 17.1 Å². The second-order valence-corrected chi connectivity index (χ2v) is 11.2. The van der Waals surface area contributed by atoms with Crippen molar-refractivity contribution in [1.82, 2.24) is 14.8 Å². The molecule has 0 bridgehead atoms. The first-order valence-corrected chi connectivity index (χ1v) is 15.0. The Morgan fingerprint density at radius 1 is 1.02 bits per heavy atom. The molecular formula is C30H22F8N6O4S. The first kappa shape index (κ1) is 35.1. The Bertz CT molecular complexity index is 1870. The van der Waals surface area contributed by atoms with Crippen LogP contribution in [0.15, 0.2) is 65.9 Å². The van der Waals surface area contributed by atoms with Crippen molar-refractivity contribution in [3.63, 3.8) is 0 Å². The highest BCUT2D eigenvalue weighted by Gasteiger charge is 2.34. The number of alkyl halides is 6. The fourth-order valence-electron chi connectivity index (χ4n) is 4.42. The van der Waals surface area contributed by atoms with Crippen LogP contribution in [0.2, 0.25) is 0 Å². The first-order valence-electron chi connectivity index (χ1n) is 14.0. The number of aryl methyl sites for hydroxylation is 1. The van der Waals surface area contributed by atoms with Crippen LogP contribution >= 0.6 is 11.8 Å². The summed E-state index contributed by atoms with van der Waals surface area (Å²) in [6.07, 6.45) is -9.50. The summed E-state index contributed by atoms with van der Waals surface area (Å²) in [5.74, 6) is -3.70. The summed E-state index contributed by atoms with van der Waals surface area (Å²) >= 11 is 0.848. The van der Waals surface area contributed by atoms with Crippen molar-refractivity contribution in [2.75, 3.05) is 22.6 Å². The van der Waals surface area contributed by atoms with E-state index in [1.165, 1.54) is 24.3 Å². The number of hydrogen-bond acceptors (Lipinski definition) is 7. The van der Waals surface area contributed by atoms with Crippen LogP contribution in [-0.2, 0) is 4.79 Å². The zero-order valence-corrected chi connectivity index (χ0v) is 25.7. The summed E-state index contributed by atoms with van der Waals surface area (Å²) < 4.78 is 116. The number of aromatic nitrogens is 3. The molecule has 0 aliphatic carbocycles. The van der Waals surface area contributed by atoms with E-state index in [1.54, 1.807) is 13.0 Å². The summed E-state index contributed by atoms with van der Waals surface area (Å²) in [6.45, 7) is 1.38. The molecule has 4 aromatic rings. The van der Waals surface area contributed by atoms with Crippen molar-refractivity contribution in [2.24, 2.45) is 4.99 Å². The molecular weight excluding hydrogens is 692 g/mol. The molecule has 2 heterocycles. The third-order valence-electron chi connectivity index (χ3n) is 6.54. The van der Waals surface area contributed by atoms with E-state index in [4.69, 9.17) is 4.74 Å². The number of amides is 3. The fraction of sp³-hybridized carbons (Fsp3) is 0.233. The number of thioether (sulfide) groups is 1. The Kier molecular flexibility index (Phi) is 10.1. The Morgan fingerprint density at radius 2 is 1.71 bits per heavy atom. The Balaban J connectivity index is 1.31. The van der Waals surface area contributed by atoms with E-state index in [0.29, 0.717) is 5.56 Å². The lowest BCUT2D eigenvalue weighted by molar-refractivity contribution is -0.274. The molecule has 1 N–H and O–H groups in total. The van der Waals surface area contributed by atoms with E-state index in [0.717, 1.165) is 51.9 Å². The molecule has 19 heteroatoms. The van der Waals surface area contributed by atoms with Crippen LogP contribution in [0.3, 0.4) is 0 Å². The fourth-order valence-corrected chi connectivity index (χ4v) is 5.28. The van der Waals surface area contributed by atoms with E-state index >= 15 is 8.78 Å². The molecule has 3 aromatic carbocycles. The molecule has 1 aliphatic heterocycles. The molecule has 3 amide bonds. The monoisotopic (exact) mass is 714 g/mol. The highest BCUT2D eigenvalue weighted by Crippen LogP contribution is 2.36. The van der Waals surface area contributed by atoms with Crippen molar-refractivity contribution in [3.8, 4) is 28.6 Å². The number of urea groups is 1. The van der Waals surface area contributed by atoms with Gasteiger partial charge in [-0.1, -0.05) is 17.8 Å². The molecule has 1 fully saturated rings. The predicted molar refractivity (Wildman–Crippen MR) is 162 cm³/mol. The largest absolute Gasteiger partial charge is 0.573 e. The van der Waals surface area contributed by atoms with Crippen molar-refractivity contribution in [1.29, 1.82) is 0 Å². The minimum Gasteiger partial charge on any atom is -0.491 e. The number of benzene rings is 3. The molecule has 1 saturated heterocycles. The van der Waals surface area contributed by atoms with Gasteiger partial charge in [-0.15, -0.1) is 18.3 Å². The molecule has 49 heavy (non-hydrogen) atoms. The van der Waals surface area contributed by atoms with Crippen molar-refractivity contribution >= 4 is 40.2 Å². The molecule has 0 unspecified atom stereocenters. The van der Waals surface area contributed by atoms with Gasteiger partial charge < -0.3 is 14.8 Å². The van der Waals surface area contributed by atoms with Crippen LogP contribution < -0.4 is 19.7 Å². The third kappa shape index (κ3) is 9.04. The summed E-state index contributed by atoms with van der Waals surface area (Å²) in [4.78, 5) is 34.4. The maximum atomic E-state index is 15.1. The van der Waals surface area contributed by atoms with Gasteiger partial charge in [0.25, 0.3) is 0 Å². The van der Waals surface area contributed by atoms with Crippen LogP contribution in [0.1, 0.15) is 18.4 Å². The van der Waals surface area contributed by atoms with Crippen molar-refractivity contribution in [2.45, 2.75) is 32.3 Å². The Hall–Kier alpha value is -5.20. The number of amidine groups is 1. The number of nitrogens with one attached hydrogen (secondary N) is 1. The van der Waals surface area contributed by atoms with E-state index in [1.807, 2.05) is 5.32 Å². The number of carbonyl (C=O) groups excluding carboxylic acids is 2. The summed E-state index contributed by atoms with van der Waals surface area (Å²) in [5.41, 5.74) is 0.0274. The van der Waals surface area contributed by atoms with Gasteiger partial charge >= 0.3 is 18.6 Å². The topological polar surface area (TPSA) is 111 Å². The number of hydrogen-bond donors (Lipinski definition) is 1. The zero-order chi connectivity index (χ0) is 35.5. The molecule has 1 aliphatic rings. The number of ether oxygens (including phenoxy) is 2. The molecule has 0 radical (unpaired) electrons. The van der Waals surface area contributed by atoms with Crippen LogP contribution in [0, 0.1) is 18.6 Å². The van der Waals surface area contributed by atoms with Gasteiger partial charge in [0.05, 0.1) is 23.7 Å². The Labute approximate surface area is 275 Å². The SMILES string of the molecule is Cc1ccc(OCCCC(F)(F)F)c(N2C(=O)CS/C2=N\C(=O)Nc2c(F)cc(-c3ncn(-c4ccc(OC(F)(F)F)cc4)n3)cc2F)c1. The van der Waals surface area contributed by atoms with Crippen molar-refractivity contribution in [3.05, 3.63) is 78.1 Å². The van der Waals surface area contributed by atoms with Gasteiger partial charge in [0.2, 0.25) is 5.91 Å². The highest BCUT2D eigenvalue weighted by molar-refractivity contribution is 8.15. The first-order chi connectivity index (χ1) is 23.1. The molecule has 0 atom stereocenters. The summed E-state index contributed by atoms with van der Waals surface area (Å²) in [7, 11) is 0. The zero-order valence-electron chi connectivity index (χ0n) is 24.9. The summed E-state index contributed by atoms with van der Waals surface area (Å²) in [5, 5.41) is 5.92. The van der Waals surface area contributed by atoms with E-state index in [-0.39, 0.29) is 52.5 Å². The molecule has 10 nitrogen and oxygen atoms in total. The lowest BCUT2D eigenvalue weighted by Crippen LogP contribution is -2.31. The predicted octanol–water partition coefficient (Wildman–Crippen LogP) is 7.81. The molecule has 5 rings (SSSR count). The maximum absolute atomic E-state index is 15.1. The number of nitrogens with zero attached hydrogens (tertiary/aromatic N) is 5. The molecule has 258 valence electrons. The van der Waals surface area contributed by atoms with Gasteiger partial charge in [-0.25, -0.2) is 23.2 Å². The smallest absolute Gasteiger partial charge is 0.491 e. The third-order valence-corrected chi connectivity index (χ3v) is 7.46. The number of aliphatic imine (C=N–C) groups is 1. The normalized spacial score (nSPS) is 14.4. The standard InChI is InChI=1S/C30H22F8N6O4S/c1-16-3-8-23(47-10-2-9-29(33,34)35)22(11-16)44-24(45)14-49-28(44)41-27(46)40-25-20(31)12-17(13-21(25)32)26-39-15-43(42-26)18-4-6-19(7-5-18)48-30(36,37)38/h3-8,11-13,15H,2,9-10,14H2,1H3,(H,40,46)/b41-28-. The lowest BCUT2D eigenvalue weighted by atomic mass is 10.1. The molecule has 0 spiro atoms. The van der Waals surface area contributed by atoms with Gasteiger partial charge in [-0.2, -0.15) is 18.2 Å². The average molecular weight is 715 g/mol. The number of anilines is 2. The molecule has 1 aromatic heterocycles. The van der Waals surface area contributed by atoms with Crippen LogP contribution in [-0.4, -0.2) is 56.8 Å². The molecule has 0 saturated carbocycles. The minimum absolute atomic E-state index is 0.0629. The van der Waals surface area contributed by atoms with Gasteiger partial charge in [0.15, 0.2) is 22.6 Å². The number of carbonyl (C=O) groups is 2. The lowest BCUT2D eigenvalue weighted by Gasteiger charge is -2.20. The average Bonchev–Trinajstić information content (AvgIpc) is 3.64. The number of halogens is 8. The number of rotatable bonds is 9. The Morgan fingerprint density at radius 3 is 2.37 bits per heavy atom. The second kappa shape index (κ2) is 14.1. The van der Waals surface area contributed by atoms with E-state index < -0.39 is 54.0 Å². The summed E-state index contributed by atoms with van der Waals surface area (Å²) in [6, 6.07) is 9.60. The second-order valence-electron chi connectivity index (χ2n) is 10.3. The van der Waals surface area contributed by atoms with E-state index in [2.05, 4.69) is 19.8 Å². The van der Waals surface area contributed by atoms with Gasteiger partial charge in [-0.05, 0) is 67.4 Å². The quantitative estimate of drug-likeness (QED) is 0.139. The highest BCUT2D eigenvalue weighted by atomic mass is 32.2. The van der Waals surface area contributed by atoms with Gasteiger partial charge in [0.1, 0.15) is 23.5 Å². The van der Waals surface area contributed by atoms with E-state index in [9.17, 15) is 35.9 Å². The van der Waals surface area contributed by atoms with Crippen molar-refractivity contribution < 1.29 is 54.2 Å². The van der Waals surface area contributed by atoms with Gasteiger partial charge in [0, 0.05) is 12.0 Å². The minimum atomic E-state index is -4.88. The maximum Gasteiger partial charge on any atom is 0.573 e. The van der Waals surface area contributed by atoms with Gasteiger partial charge in [-0.3, -0.25) is 9.69 Å². The van der Waals surface area contributed by atoms with Crippen LogP contribution in [0.4, 0.5) is 51.3 Å².